The number of alkyl halides is 1. The molecule has 3 nitrogen and oxygen atoms in total. The lowest BCUT2D eigenvalue weighted by Gasteiger charge is -2.40. The third-order valence-electron chi connectivity index (χ3n) is 4.92. The molecule has 0 unspecified atom stereocenters. The normalized spacial score (nSPS) is 28.4. The average molecular weight is 308 g/mol. The third kappa shape index (κ3) is 2.86. The van der Waals surface area contributed by atoms with E-state index in [1.165, 1.54) is 6.07 Å². The molecule has 1 aliphatic carbocycles. The van der Waals surface area contributed by atoms with Gasteiger partial charge in [0.15, 0.2) is 0 Å². The first kappa shape index (κ1) is 15.4. The van der Waals surface area contributed by atoms with Crippen LogP contribution in [0, 0.1) is 11.7 Å². The maximum absolute atomic E-state index is 14.7. The second-order valence-electron chi connectivity index (χ2n) is 6.47. The monoisotopic (exact) mass is 308 g/mol. The molecule has 22 heavy (non-hydrogen) atoms. The number of carbonyl (C=O) groups excluding carboxylic acids is 1. The van der Waals surface area contributed by atoms with Crippen molar-refractivity contribution in [1.29, 1.82) is 0 Å². The van der Waals surface area contributed by atoms with Gasteiger partial charge in [0.2, 0.25) is 5.91 Å². The van der Waals surface area contributed by atoms with Crippen molar-refractivity contribution in [1.82, 2.24) is 10.2 Å². The van der Waals surface area contributed by atoms with Crippen molar-refractivity contribution in [2.45, 2.75) is 37.9 Å². The molecule has 1 aromatic rings. The van der Waals surface area contributed by atoms with Gasteiger partial charge >= 0.3 is 0 Å². The number of carbonyl (C=O) groups is 1. The zero-order valence-corrected chi connectivity index (χ0v) is 12.9. The Balaban J connectivity index is 1.68. The highest BCUT2D eigenvalue weighted by Crippen LogP contribution is 2.49. The van der Waals surface area contributed by atoms with Crippen molar-refractivity contribution in [3.05, 3.63) is 35.1 Å². The van der Waals surface area contributed by atoms with Crippen molar-refractivity contribution in [3.8, 4) is 0 Å². The van der Waals surface area contributed by atoms with Gasteiger partial charge in [-0.15, -0.1) is 0 Å². The van der Waals surface area contributed by atoms with Gasteiger partial charge in [0.1, 0.15) is 11.5 Å². The lowest BCUT2D eigenvalue weighted by Crippen LogP contribution is -2.45. The van der Waals surface area contributed by atoms with Crippen molar-refractivity contribution in [3.63, 3.8) is 0 Å². The Morgan fingerprint density at radius 2 is 2.05 bits per heavy atom. The summed E-state index contributed by atoms with van der Waals surface area (Å²) in [5.74, 6) is -0.786. The predicted octanol–water partition coefficient (Wildman–Crippen LogP) is 2.74. The lowest BCUT2D eigenvalue weighted by atomic mass is 9.68. The van der Waals surface area contributed by atoms with Crippen LogP contribution in [0.3, 0.4) is 0 Å². The van der Waals surface area contributed by atoms with E-state index < -0.39 is 5.67 Å². The summed E-state index contributed by atoms with van der Waals surface area (Å²) in [6, 6.07) is 4.68. The Hall–Kier alpha value is -1.49. The molecule has 1 N–H and O–H groups in total. The van der Waals surface area contributed by atoms with Crippen LogP contribution >= 0.6 is 0 Å². The van der Waals surface area contributed by atoms with E-state index in [2.05, 4.69) is 10.2 Å². The number of halogens is 2. The molecular weight excluding hydrogens is 286 g/mol. The Morgan fingerprint density at radius 3 is 2.64 bits per heavy atom. The number of amides is 1. The van der Waals surface area contributed by atoms with Crippen LogP contribution < -0.4 is 5.32 Å². The topological polar surface area (TPSA) is 32.3 Å². The molecule has 0 spiro atoms. The molecule has 1 heterocycles. The minimum Gasteiger partial charge on any atom is -0.359 e. The molecule has 1 aromatic carbocycles. The summed E-state index contributed by atoms with van der Waals surface area (Å²) < 4.78 is 29.0. The molecule has 2 fully saturated rings. The molecule has 0 radical (unpaired) electrons. The van der Waals surface area contributed by atoms with E-state index in [4.69, 9.17) is 0 Å². The minimum atomic E-state index is -1.57. The van der Waals surface area contributed by atoms with Gasteiger partial charge in [-0.2, -0.15) is 0 Å². The Labute approximate surface area is 129 Å². The molecule has 2 aliphatic rings. The van der Waals surface area contributed by atoms with Gasteiger partial charge in [-0.1, -0.05) is 12.1 Å². The van der Waals surface area contributed by atoms with Gasteiger partial charge in [-0.25, -0.2) is 8.78 Å². The summed E-state index contributed by atoms with van der Waals surface area (Å²) in [6.07, 6.45) is 2.59. The van der Waals surface area contributed by atoms with Gasteiger partial charge < -0.3 is 5.32 Å². The van der Waals surface area contributed by atoms with Crippen molar-refractivity contribution < 1.29 is 13.6 Å². The SMILES string of the molecule is CNC(=O)C1CC(F)(c2ccc(CN3CCCC3)c(F)c2)C1. The number of hydrogen-bond acceptors (Lipinski definition) is 2. The number of nitrogens with one attached hydrogen (secondary N) is 1. The first-order chi connectivity index (χ1) is 10.5. The second-order valence-corrected chi connectivity index (χ2v) is 6.47. The quantitative estimate of drug-likeness (QED) is 0.927. The van der Waals surface area contributed by atoms with Crippen LogP contribution in [-0.2, 0) is 17.0 Å². The van der Waals surface area contributed by atoms with E-state index in [9.17, 15) is 13.6 Å². The number of benzene rings is 1. The smallest absolute Gasteiger partial charge is 0.223 e. The molecule has 1 aliphatic heterocycles. The molecule has 3 rings (SSSR count). The Bertz CT molecular complexity index is 564. The molecule has 120 valence electrons. The number of likely N-dealkylation sites (tertiary alicyclic amines) is 1. The molecule has 0 atom stereocenters. The highest BCUT2D eigenvalue weighted by atomic mass is 19.1. The van der Waals surface area contributed by atoms with E-state index in [-0.39, 0.29) is 30.5 Å². The van der Waals surface area contributed by atoms with Crippen LogP contribution in [0.1, 0.15) is 36.8 Å². The maximum atomic E-state index is 14.7. The molecule has 1 saturated heterocycles. The fraction of sp³-hybridized carbons (Fsp3) is 0.588. The molecule has 5 heteroatoms. The Kier molecular flexibility index (Phi) is 4.17. The summed E-state index contributed by atoms with van der Waals surface area (Å²) in [4.78, 5) is 13.7. The number of hydrogen-bond donors (Lipinski definition) is 1. The highest BCUT2D eigenvalue weighted by molar-refractivity contribution is 5.79. The van der Waals surface area contributed by atoms with E-state index in [0.29, 0.717) is 17.7 Å². The van der Waals surface area contributed by atoms with Crippen molar-refractivity contribution in [2.75, 3.05) is 20.1 Å². The van der Waals surface area contributed by atoms with Gasteiger partial charge in [-0.3, -0.25) is 9.69 Å². The molecule has 1 amide bonds. The Morgan fingerprint density at radius 1 is 1.36 bits per heavy atom. The molecule has 0 bridgehead atoms. The maximum Gasteiger partial charge on any atom is 0.223 e. The minimum absolute atomic E-state index is 0.136. The average Bonchev–Trinajstić information content (AvgIpc) is 2.98. The van der Waals surface area contributed by atoms with E-state index in [1.54, 1.807) is 19.2 Å². The molecule has 1 saturated carbocycles. The summed E-state index contributed by atoms with van der Waals surface area (Å²) in [5, 5.41) is 2.53. The van der Waals surface area contributed by atoms with Gasteiger partial charge in [0, 0.05) is 25.1 Å². The van der Waals surface area contributed by atoms with Crippen LogP contribution in [0.15, 0.2) is 18.2 Å². The van der Waals surface area contributed by atoms with E-state index >= 15 is 0 Å². The number of rotatable bonds is 4. The second kappa shape index (κ2) is 5.95. The third-order valence-corrected chi connectivity index (χ3v) is 4.92. The van der Waals surface area contributed by atoms with Gasteiger partial charge in [0.05, 0.1) is 0 Å². The lowest BCUT2D eigenvalue weighted by molar-refractivity contribution is -0.134. The predicted molar refractivity (Wildman–Crippen MR) is 80.5 cm³/mol. The summed E-state index contributed by atoms with van der Waals surface area (Å²) in [7, 11) is 1.55. The fourth-order valence-corrected chi connectivity index (χ4v) is 3.48. The van der Waals surface area contributed by atoms with E-state index in [0.717, 1.165) is 25.9 Å². The highest BCUT2D eigenvalue weighted by Gasteiger charge is 2.49. The summed E-state index contributed by atoms with van der Waals surface area (Å²) >= 11 is 0. The standard InChI is InChI=1S/C17H22F2N2O/c1-20-16(22)13-9-17(19,10-13)14-5-4-12(15(18)8-14)11-21-6-2-3-7-21/h4-5,8,13H,2-3,6-7,9-11H2,1H3,(H,20,22). The van der Waals surface area contributed by atoms with Crippen LogP contribution in [0.4, 0.5) is 8.78 Å². The van der Waals surface area contributed by atoms with Crippen LogP contribution in [0.5, 0.6) is 0 Å². The number of nitrogens with zero attached hydrogens (tertiary/aromatic N) is 1. The molecular formula is C17H22F2N2O. The molecule has 0 aromatic heterocycles. The zero-order valence-electron chi connectivity index (χ0n) is 12.9. The summed E-state index contributed by atoms with van der Waals surface area (Å²) in [5.41, 5.74) is -0.587. The first-order valence-electron chi connectivity index (χ1n) is 7.93. The fourth-order valence-electron chi connectivity index (χ4n) is 3.48. The van der Waals surface area contributed by atoms with Crippen LogP contribution in [-0.4, -0.2) is 30.9 Å². The first-order valence-corrected chi connectivity index (χ1v) is 7.93. The summed E-state index contributed by atoms with van der Waals surface area (Å²) in [6.45, 7) is 2.59. The zero-order chi connectivity index (χ0) is 15.7. The van der Waals surface area contributed by atoms with Crippen LogP contribution in [0.25, 0.3) is 0 Å². The van der Waals surface area contributed by atoms with Gasteiger partial charge in [-0.05, 0) is 50.4 Å². The van der Waals surface area contributed by atoms with Gasteiger partial charge in [0.25, 0.3) is 0 Å². The largest absolute Gasteiger partial charge is 0.359 e. The van der Waals surface area contributed by atoms with Crippen molar-refractivity contribution >= 4 is 5.91 Å². The van der Waals surface area contributed by atoms with Crippen LogP contribution in [0.2, 0.25) is 0 Å². The van der Waals surface area contributed by atoms with Crippen molar-refractivity contribution in [2.24, 2.45) is 5.92 Å². The van der Waals surface area contributed by atoms with E-state index in [1.807, 2.05) is 0 Å².